The summed E-state index contributed by atoms with van der Waals surface area (Å²) in [5.74, 6) is 1.72. The Balaban J connectivity index is 1.15. The number of nitrogens with zero attached hydrogens (tertiary/aromatic N) is 3. The van der Waals surface area contributed by atoms with Gasteiger partial charge in [-0.2, -0.15) is 0 Å². The lowest BCUT2D eigenvalue weighted by Gasteiger charge is -2.21. The molecule has 58 heavy (non-hydrogen) atoms. The summed E-state index contributed by atoms with van der Waals surface area (Å²) in [7, 11) is 0. The molecule has 0 saturated heterocycles. The fourth-order valence-corrected chi connectivity index (χ4v) is 9.33. The minimum atomic E-state index is 0.0843. The first-order valence-corrected chi connectivity index (χ1v) is 20.2. The quantitative estimate of drug-likeness (QED) is 0.180. The van der Waals surface area contributed by atoms with Gasteiger partial charge in [0.2, 0.25) is 0 Å². The maximum atomic E-state index is 6.61. The van der Waals surface area contributed by atoms with Crippen LogP contribution in [0, 0.1) is 5.92 Å². The van der Waals surface area contributed by atoms with Crippen LogP contribution in [0.2, 0.25) is 0 Å². The Morgan fingerprint density at radius 3 is 2.28 bits per heavy atom. The number of aryl methyl sites for hydroxylation is 1. The highest BCUT2D eigenvalue weighted by Gasteiger charge is 2.26. The molecule has 4 heterocycles. The predicted molar refractivity (Wildman–Crippen MR) is 240 cm³/mol. The molecule has 2 aliphatic rings. The fourth-order valence-electron chi connectivity index (χ4n) is 9.33. The minimum Gasteiger partial charge on any atom is -0.456 e. The maximum absolute atomic E-state index is 6.61. The van der Waals surface area contributed by atoms with Gasteiger partial charge in [0.1, 0.15) is 22.5 Å². The third kappa shape index (κ3) is 5.09. The van der Waals surface area contributed by atoms with Gasteiger partial charge >= 0.3 is 0 Å². The van der Waals surface area contributed by atoms with Gasteiger partial charge in [-0.05, 0) is 72.5 Å². The van der Waals surface area contributed by atoms with Crippen molar-refractivity contribution >= 4 is 88.8 Å². The predicted octanol–water partition coefficient (Wildman–Crippen LogP) is 13.9. The molecule has 5 nitrogen and oxygen atoms in total. The van der Waals surface area contributed by atoms with Gasteiger partial charge in [0.15, 0.2) is 5.84 Å². The Hall–Kier alpha value is -7.24. The molecular weight excluding hydrogens is 711 g/mol. The number of para-hydroxylation sites is 2. The van der Waals surface area contributed by atoms with E-state index in [-0.39, 0.29) is 5.92 Å². The summed E-state index contributed by atoms with van der Waals surface area (Å²) in [5, 5.41) is 8.13. The summed E-state index contributed by atoms with van der Waals surface area (Å²) in [6.45, 7) is 2.29. The molecule has 7 aromatic carbocycles. The first-order valence-electron chi connectivity index (χ1n) is 20.2. The van der Waals surface area contributed by atoms with Gasteiger partial charge in [-0.1, -0.05) is 122 Å². The number of rotatable bonds is 4. The van der Waals surface area contributed by atoms with Crippen LogP contribution < -0.4 is 0 Å². The Bertz CT molecular complexity index is 3440. The Morgan fingerprint density at radius 2 is 1.38 bits per heavy atom. The maximum Gasteiger partial charge on any atom is 0.160 e. The fraction of sp³-hybridized carbons (Fsp3) is 0.0943. The molecule has 0 fully saturated rings. The lowest BCUT2D eigenvalue weighted by atomic mass is 9.89. The van der Waals surface area contributed by atoms with E-state index in [0.717, 1.165) is 97.4 Å². The second kappa shape index (κ2) is 12.9. The van der Waals surface area contributed by atoms with Crippen molar-refractivity contribution in [3.63, 3.8) is 0 Å². The summed E-state index contributed by atoms with van der Waals surface area (Å²) in [4.78, 5) is 11.2. The number of aliphatic imine (C=N–C) groups is 2. The normalized spacial score (nSPS) is 16.8. The lowest BCUT2D eigenvalue weighted by Crippen LogP contribution is -2.18. The first-order chi connectivity index (χ1) is 28.7. The van der Waals surface area contributed by atoms with E-state index in [2.05, 4.69) is 157 Å². The van der Waals surface area contributed by atoms with Crippen molar-refractivity contribution in [1.29, 1.82) is 0 Å². The van der Waals surface area contributed by atoms with Crippen molar-refractivity contribution < 1.29 is 8.83 Å². The zero-order valence-electron chi connectivity index (χ0n) is 31.9. The molecule has 1 aliphatic heterocycles. The molecule has 1 aliphatic carbocycles. The number of aromatic nitrogens is 1. The van der Waals surface area contributed by atoms with Crippen LogP contribution in [0.15, 0.2) is 177 Å². The van der Waals surface area contributed by atoms with E-state index in [9.17, 15) is 0 Å². The van der Waals surface area contributed by atoms with Crippen LogP contribution in [0.1, 0.15) is 47.8 Å². The number of fused-ring (bicyclic) bond motifs is 10. The monoisotopic (exact) mass is 747 g/mol. The topological polar surface area (TPSA) is 55.9 Å². The lowest BCUT2D eigenvalue weighted by molar-refractivity contribution is 0.595. The molecule has 276 valence electrons. The summed E-state index contributed by atoms with van der Waals surface area (Å²) >= 11 is 0. The average Bonchev–Trinajstić information content (AvgIpc) is 3.93. The summed E-state index contributed by atoms with van der Waals surface area (Å²) in [6, 6.07) is 51.6. The number of benzene rings is 7. The largest absolute Gasteiger partial charge is 0.456 e. The van der Waals surface area contributed by atoms with Crippen LogP contribution in [0.4, 0.5) is 0 Å². The number of allylic oxidation sites excluding steroid dienone is 2. The Labute approximate surface area is 334 Å². The standard InChI is InChI=1S/C53H37N3O2/c1-32-26-27-43(54-53(33-14-3-2-4-15-33)55-52(32)39-21-13-25-49-51(39)38-20-9-12-24-48(38)57-49)42-30-41-37-19-8-11-23-47(37)58-50(41)31-46(42)56-44-22-10-7-18-36(44)40-28-34-16-5-6-17-35(34)29-45(40)56/h2-8,10-19,21-25,27-32H,9,20,26H2,1H3/b43-27+,54-53?,55-52?. The van der Waals surface area contributed by atoms with Crippen molar-refractivity contribution in [2.45, 2.75) is 26.2 Å². The molecule has 0 bridgehead atoms. The van der Waals surface area contributed by atoms with Gasteiger partial charge in [0, 0.05) is 61.2 Å². The van der Waals surface area contributed by atoms with E-state index >= 15 is 0 Å². The molecule has 0 amide bonds. The number of amidine groups is 1. The van der Waals surface area contributed by atoms with Gasteiger partial charge in [0.05, 0.1) is 28.1 Å². The highest BCUT2D eigenvalue weighted by molar-refractivity contribution is 6.20. The molecule has 0 spiro atoms. The molecule has 5 heteroatoms. The second-order valence-electron chi connectivity index (χ2n) is 15.6. The van der Waals surface area contributed by atoms with Crippen molar-refractivity contribution in [3.05, 3.63) is 186 Å². The Kier molecular flexibility index (Phi) is 7.33. The third-order valence-electron chi connectivity index (χ3n) is 12.1. The molecule has 3 aromatic heterocycles. The molecule has 0 radical (unpaired) electrons. The van der Waals surface area contributed by atoms with Crippen LogP contribution >= 0.6 is 0 Å². The zero-order valence-corrected chi connectivity index (χ0v) is 31.9. The van der Waals surface area contributed by atoms with Gasteiger partial charge in [-0.25, -0.2) is 9.98 Å². The molecular formula is C53H37N3O2. The van der Waals surface area contributed by atoms with Gasteiger partial charge in [0.25, 0.3) is 0 Å². The van der Waals surface area contributed by atoms with E-state index in [1.807, 2.05) is 18.2 Å². The third-order valence-corrected chi connectivity index (χ3v) is 12.1. The van der Waals surface area contributed by atoms with E-state index in [4.69, 9.17) is 18.8 Å². The molecule has 0 saturated carbocycles. The van der Waals surface area contributed by atoms with Crippen molar-refractivity contribution in [1.82, 2.24) is 4.57 Å². The number of hydrogen-bond donors (Lipinski definition) is 0. The smallest absolute Gasteiger partial charge is 0.160 e. The molecule has 0 N–H and O–H groups in total. The van der Waals surface area contributed by atoms with Crippen molar-refractivity contribution in [2.24, 2.45) is 15.9 Å². The van der Waals surface area contributed by atoms with Crippen molar-refractivity contribution in [3.8, 4) is 5.69 Å². The van der Waals surface area contributed by atoms with Crippen LogP contribution in [0.5, 0.6) is 0 Å². The van der Waals surface area contributed by atoms with Gasteiger partial charge in [-0.15, -0.1) is 0 Å². The SMILES string of the molecule is CC1C/C=C(\c2cc3c(cc2-n2c4ccccc4c4cc5ccccc5cc42)oc2ccccc23)N=C(c2ccccc2)N=C1c1cccc2oc3c(c12)CCC=C3. The second-order valence-corrected chi connectivity index (χ2v) is 15.6. The average molecular weight is 748 g/mol. The number of hydrogen-bond acceptors (Lipinski definition) is 4. The summed E-state index contributed by atoms with van der Waals surface area (Å²) in [6.07, 6.45) is 9.35. The van der Waals surface area contributed by atoms with Gasteiger partial charge in [-0.3, -0.25) is 0 Å². The van der Waals surface area contributed by atoms with E-state index in [1.54, 1.807) is 0 Å². The van der Waals surface area contributed by atoms with E-state index < -0.39 is 0 Å². The van der Waals surface area contributed by atoms with E-state index in [1.165, 1.54) is 32.5 Å². The minimum absolute atomic E-state index is 0.0843. The first kappa shape index (κ1) is 33.0. The molecule has 12 rings (SSSR count). The Morgan fingerprint density at radius 1 is 0.603 bits per heavy atom. The van der Waals surface area contributed by atoms with Crippen LogP contribution in [-0.2, 0) is 6.42 Å². The molecule has 1 unspecified atom stereocenters. The highest BCUT2D eigenvalue weighted by atomic mass is 16.3. The van der Waals surface area contributed by atoms with Crippen molar-refractivity contribution in [2.75, 3.05) is 0 Å². The van der Waals surface area contributed by atoms with Crippen LogP contribution in [0.25, 0.3) is 82.9 Å². The van der Waals surface area contributed by atoms with Gasteiger partial charge < -0.3 is 13.4 Å². The zero-order chi connectivity index (χ0) is 38.3. The summed E-state index contributed by atoms with van der Waals surface area (Å²) < 4.78 is 15.4. The molecule has 1 atom stereocenters. The van der Waals surface area contributed by atoms with Crippen LogP contribution in [0.3, 0.4) is 0 Å². The molecule has 10 aromatic rings. The van der Waals surface area contributed by atoms with Crippen LogP contribution in [-0.4, -0.2) is 16.1 Å². The highest BCUT2D eigenvalue weighted by Crippen LogP contribution is 2.42. The summed E-state index contributed by atoms with van der Waals surface area (Å²) in [5.41, 5.74) is 12.2. The van der Waals surface area contributed by atoms with E-state index in [0.29, 0.717) is 5.84 Å². The number of furan rings is 2.